The second-order valence-electron chi connectivity index (χ2n) is 7.99. The zero-order valence-electron chi connectivity index (χ0n) is 18.3. The Labute approximate surface area is 191 Å². The second kappa shape index (κ2) is 8.54. The quantitative estimate of drug-likeness (QED) is 0.524. The average Bonchev–Trinajstić information content (AvgIpc) is 3.10. The van der Waals surface area contributed by atoms with Crippen LogP contribution in [0.25, 0.3) is 5.57 Å². The molecule has 5 nitrogen and oxygen atoms in total. The molecule has 5 rings (SSSR count). The highest BCUT2D eigenvalue weighted by Crippen LogP contribution is 2.39. The maximum atomic E-state index is 13.8. The normalized spacial score (nSPS) is 15.8. The molecule has 3 aromatic rings. The fourth-order valence-corrected chi connectivity index (χ4v) is 4.50. The number of fused-ring (bicyclic) bond motifs is 1. The highest BCUT2D eigenvalue weighted by Gasteiger charge is 2.43. The number of imide groups is 1. The predicted octanol–water partition coefficient (Wildman–Crippen LogP) is 4.96. The molecule has 0 bridgehead atoms. The number of hydrogen-bond acceptors (Lipinski definition) is 4. The molecule has 0 radical (unpaired) electrons. The fraction of sp³-hybridized carbons (Fsp3) is 0.185. The minimum atomic E-state index is -0.428. The van der Waals surface area contributed by atoms with Crippen molar-refractivity contribution in [3.05, 3.63) is 95.4 Å². The first-order valence-corrected chi connectivity index (χ1v) is 11.1. The number of aryl methyl sites for hydroxylation is 1. The van der Waals surface area contributed by atoms with Crippen molar-refractivity contribution in [2.45, 2.75) is 19.8 Å². The molecule has 2 amide bonds. The summed E-state index contributed by atoms with van der Waals surface area (Å²) in [6.07, 6.45) is 1.79. The van der Waals surface area contributed by atoms with E-state index in [0.29, 0.717) is 41.4 Å². The van der Waals surface area contributed by atoms with Crippen LogP contribution in [0.2, 0.25) is 0 Å². The number of anilines is 2. The molecule has 0 saturated heterocycles. The van der Waals surface area contributed by atoms with Crippen LogP contribution in [0.15, 0.2) is 78.5 Å². The van der Waals surface area contributed by atoms with E-state index in [1.54, 1.807) is 24.3 Å². The van der Waals surface area contributed by atoms with Gasteiger partial charge in [-0.05, 0) is 73.4 Å². The summed E-state index contributed by atoms with van der Waals surface area (Å²) in [5.41, 5.74) is 3.74. The highest BCUT2D eigenvalue weighted by molar-refractivity contribution is 6.46. The Bertz CT molecular complexity index is 1250. The van der Waals surface area contributed by atoms with Crippen molar-refractivity contribution in [1.82, 2.24) is 0 Å². The summed E-state index contributed by atoms with van der Waals surface area (Å²) in [5, 5.41) is 0. The van der Waals surface area contributed by atoms with E-state index in [4.69, 9.17) is 4.74 Å². The van der Waals surface area contributed by atoms with Crippen molar-refractivity contribution < 1.29 is 18.7 Å². The zero-order chi connectivity index (χ0) is 22.9. The highest BCUT2D eigenvalue weighted by atomic mass is 19.1. The van der Waals surface area contributed by atoms with E-state index in [1.165, 1.54) is 24.3 Å². The molecule has 2 heterocycles. The van der Waals surface area contributed by atoms with Crippen LogP contribution in [-0.4, -0.2) is 25.0 Å². The number of ether oxygens (including phenoxy) is 1. The summed E-state index contributed by atoms with van der Waals surface area (Å²) in [7, 11) is 0. The summed E-state index contributed by atoms with van der Waals surface area (Å²) in [5.74, 6) is -0.567. The number of rotatable bonds is 5. The topological polar surface area (TPSA) is 49.9 Å². The molecule has 0 atom stereocenters. The van der Waals surface area contributed by atoms with Gasteiger partial charge < -0.3 is 9.64 Å². The van der Waals surface area contributed by atoms with Crippen LogP contribution in [0.1, 0.15) is 24.5 Å². The molecule has 0 unspecified atom stereocenters. The fourth-order valence-electron chi connectivity index (χ4n) is 4.50. The molecule has 166 valence electrons. The summed E-state index contributed by atoms with van der Waals surface area (Å²) < 4.78 is 19.1. The van der Waals surface area contributed by atoms with E-state index in [-0.39, 0.29) is 0 Å². The SMILES string of the molecule is CCOc1ccc(C2=C(N3CCCc4ccccc43)C(=O)N(c3ccc(F)cc3)C2=O)cc1. The van der Waals surface area contributed by atoms with Crippen LogP contribution in [0.3, 0.4) is 0 Å². The van der Waals surface area contributed by atoms with Crippen LogP contribution in [0, 0.1) is 5.82 Å². The van der Waals surface area contributed by atoms with Gasteiger partial charge in [0.05, 0.1) is 17.9 Å². The van der Waals surface area contributed by atoms with Crippen LogP contribution < -0.4 is 14.5 Å². The molecule has 0 aliphatic carbocycles. The minimum Gasteiger partial charge on any atom is -0.494 e. The molecule has 0 aromatic heterocycles. The third-order valence-corrected chi connectivity index (χ3v) is 5.98. The Kier molecular flexibility index (Phi) is 5.42. The van der Waals surface area contributed by atoms with Gasteiger partial charge in [-0.2, -0.15) is 0 Å². The number of benzene rings is 3. The van der Waals surface area contributed by atoms with Crippen LogP contribution in [-0.2, 0) is 16.0 Å². The Balaban J connectivity index is 1.66. The van der Waals surface area contributed by atoms with E-state index in [9.17, 15) is 14.0 Å². The van der Waals surface area contributed by atoms with Gasteiger partial charge in [0.25, 0.3) is 11.8 Å². The monoisotopic (exact) mass is 442 g/mol. The Morgan fingerprint density at radius 1 is 0.909 bits per heavy atom. The lowest BCUT2D eigenvalue weighted by Gasteiger charge is -2.32. The smallest absolute Gasteiger partial charge is 0.282 e. The number of nitrogens with zero attached hydrogens (tertiary/aromatic N) is 2. The first-order valence-electron chi connectivity index (χ1n) is 11.1. The van der Waals surface area contributed by atoms with Crippen molar-refractivity contribution >= 4 is 28.8 Å². The van der Waals surface area contributed by atoms with Crippen molar-refractivity contribution in [2.75, 3.05) is 23.0 Å². The first-order chi connectivity index (χ1) is 16.1. The third kappa shape index (κ3) is 3.67. The summed E-state index contributed by atoms with van der Waals surface area (Å²) in [6, 6.07) is 20.6. The van der Waals surface area contributed by atoms with Gasteiger partial charge in [0, 0.05) is 12.2 Å². The van der Waals surface area contributed by atoms with Crippen molar-refractivity contribution in [2.24, 2.45) is 0 Å². The lowest BCUT2D eigenvalue weighted by Crippen LogP contribution is -2.37. The zero-order valence-corrected chi connectivity index (χ0v) is 18.3. The molecule has 2 aliphatic rings. The van der Waals surface area contributed by atoms with E-state index >= 15 is 0 Å². The van der Waals surface area contributed by atoms with Gasteiger partial charge in [0.2, 0.25) is 0 Å². The molecule has 2 aliphatic heterocycles. The Hall–Kier alpha value is -3.93. The molecule has 3 aromatic carbocycles. The lowest BCUT2D eigenvalue weighted by molar-refractivity contribution is -0.120. The van der Waals surface area contributed by atoms with Gasteiger partial charge in [-0.15, -0.1) is 0 Å². The van der Waals surface area contributed by atoms with Crippen molar-refractivity contribution in [1.29, 1.82) is 0 Å². The Morgan fingerprint density at radius 2 is 1.64 bits per heavy atom. The summed E-state index contributed by atoms with van der Waals surface area (Å²) in [4.78, 5) is 30.5. The average molecular weight is 442 g/mol. The van der Waals surface area contributed by atoms with Gasteiger partial charge >= 0.3 is 0 Å². The minimum absolute atomic E-state index is 0.337. The van der Waals surface area contributed by atoms with Crippen LogP contribution >= 0.6 is 0 Å². The molecular formula is C27H23FN2O3. The standard InChI is InChI=1S/C27H23FN2O3/c1-2-33-22-15-9-19(10-16-22)24-25(29-17-5-7-18-6-3-4-8-23(18)29)27(32)30(26(24)31)21-13-11-20(28)12-14-21/h3-4,6,8-16H,2,5,7,17H2,1H3. The first kappa shape index (κ1) is 20.9. The number of amides is 2. The van der Waals surface area contributed by atoms with Gasteiger partial charge in [-0.25, -0.2) is 9.29 Å². The molecule has 0 saturated carbocycles. The number of halogens is 1. The van der Waals surface area contributed by atoms with E-state index in [1.807, 2.05) is 30.0 Å². The van der Waals surface area contributed by atoms with Crippen LogP contribution in [0.4, 0.5) is 15.8 Å². The molecular weight excluding hydrogens is 419 g/mol. The molecule has 6 heteroatoms. The van der Waals surface area contributed by atoms with E-state index in [0.717, 1.165) is 29.0 Å². The van der Waals surface area contributed by atoms with Crippen molar-refractivity contribution in [3.63, 3.8) is 0 Å². The van der Waals surface area contributed by atoms with Gasteiger partial charge in [-0.1, -0.05) is 30.3 Å². The van der Waals surface area contributed by atoms with Crippen LogP contribution in [0.5, 0.6) is 5.75 Å². The summed E-state index contributed by atoms with van der Waals surface area (Å²) in [6.45, 7) is 3.07. The largest absolute Gasteiger partial charge is 0.494 e. The molecule has 0 N–H and O–H groups in total. The predicted molar refractivity (Wildman–Crippen MR) is 126 cm³/mol. The molecule has 0 spiro atoms. The van der Waals surface area contributed by atoms with E-state index in [2.05, 4.69) is 6.07 Å². The number of hydrogen-bond donors (Lipinski definition) is 0. The van der Waals surface area contributed by atoms with Gasteiger partial charge in [-0.3, -0.25) is 9.59 Å². The Morgan fingerprint density at radius 3 is 2.36 bits per heavy atom. The van der Waals surface area contributed by atoms with Crippen molar-refractivity contribution in [3.8, 4) is 5.75 Å². The number of carbonyl (C=O) groups excluding carboxylic acids is 2. The third-order valence-electron chi connectivity index (χ3n) is 5.98. The number of para-hydroxylation sites is 1. The van der Waals surface area contributed by atoms with E-state index < -0.39 is 17.6 Å². The maximum absolute atomic E-state index is 13.8. The van der Waals surface area contributed by atoms with Gasteiger partial charge in [0.15, 0.2) is 0 Å². The summed E-state index contributed by atoms with van der Waals surface area (Å²) >= 11 is 0. The lowest BCUT2D eigenvalue weighted by atomic mass is 9.98. The van der Waals surface area contributed by atoms with Gasteiger partial charge in [0.1, 0.15) is 17.3 Å². The second-order valence-corrected chi connectivity index (χ2v) is 7.99. The molecule has 33 heavy (non-hydrogen) atoms. The number of carbonyl (C=O) groups is 2. The maximum Gasteiger partial charge on any atom is 0.282 e. The molecule has 0 fully saturated rings.